The summed E-state index contributed by atoms with van der Waals surface area (Å²) in [6.07, 6.45) is 0. The first-order chi connectivity index (χ1) is 4.59. The summed E-state index contributed by atoms with van der Waals surface area (Å²) in [4.78, 5) is 21.2. The average Bonchev–Trinajstić information content (AvgIpc) is 1.87. The number of hydrogen-bond acceptors (Lipinski definition) is 3. The van der Waals surface area contributed by atoms with Gasteiger partial charge in [-0.15, -0.1) is 0 Å². The standard InChI is InChI=1S/C7H11O3.Na/c1-4-10-7(9)5(2)6(3)8;/h4H2,1-3H3;/q-1;+1. The summed E-state index contributed by atoms with van der Waals surface area (Å²) < 4.78 is 4.57. The third kappa shape index (κ3) is 5.30. The molecule has 0 heterocycles. The van der Waals surface area contributed by atoms with Crippen molar-refractivity contribution in [2.45, 2.75) is 20.8 Å². The second kappa shape index (κ2) is 6.70. The van der Waals surface area contributed by atoms with Gasteiger partial charge in [-0.3, -0.25) is 4.79 Å². The minimum absolute atomic E-state index is 0. The van der Waals surface area contributed by atoms with E-state index in [1.807, 2.05) is 0 Å². The van der Waals surface area contributed by atoms with Crippen LogP contribution in [0.4, 0.5) is 0 Å². The minimum Gasteiger partial charge on any atom is -0.488 e. The Balaban J connectivity index is 0. The number of Topliss-reactive ketones (excluding diaryl/α,β-unsaturated/α-hetero) is 1. The van der Waals surface area contributed by atoms with E-state index in [2.05, 4.69) is 4.74 Å². The van der Waals surface area contributed by atoms with Crippen LogP contribution in [-0.2, 0) is 14.3 Å². The van der Waals surface area contributed by atoms with E-state index in [9.17, 15) is 9.59 Å². The van der Waals surface area contributed by atoms with Crippen molar-refractivity contribution < 1.29 is 43.9 Å². The van der Waals surface area contributed by atoms with E-state index in [0.717, 1.165) is 0 Å². The summed E-state index contributed by atoms with van der Waals surface area (Å²) in [6, 6.07) is 0. The van der Waals surface area contributed by atoms with Crippen molar-refractivity contribution >= 4 is 11.8 Å². The van der Waals surface area contributed by atoms with Gasteiger partial charge in [0.25, 0.3) is 0 Å². The molecule has 0 saturated carbocycles. The van der Waals surface area contributed by atoms with Crippen molar-refractivity contribution in [1.82, 2.24) is 0 Å². The average molecular weight is 166 g/mol. The SMILES string of the molecule is CCOC(=O)[C-](C)C(C)=O.[Na+]. The quantitative estimate of drug-likeness (QED) is 0.206. The molecule has 0 aliphatic heterocycles. The molecule has 0 rings (SSSR count). The van der Waals surface area contributed by atoms with Crippen molar-refractivity contribution in [2.24, 2.45) is 0 Å². The zero-order chi connectivity index (χ0) is 8.15. The second-order valence-corrected chi connectivity index (χ2v) is 1.90. The fourth-order valence-corrected chi connectivity index (χ4v) is 0.383. The van der Waals surface area contributed by atoms with Gasteiger partial charge >= 0.3 is 29.6 Å². The molecule has 3 nitrogen and oxygen atoms in total. The molecule has 0 aromatic heterocycles. The van der Waals surface area contributed by atoms with Gasteiger partial charge in [0.1, 0.15) is 0 Å². The van der Waals surface area contributed by atoms with Crippen LogP contribution in [0.15, 0.2) is 0 Å². The Morgan fingerprint density at radius 2 is 1.91 bits per heavy atom. The van der Waals surface area contributed by atoms with Gasteiger partial charge in [-0.05, 0) is 13.8 Å². The van der Waals surface area contributed by atoms with Crippen LogP contribution in [0.25, 0.3) is 0 Å². The summed E-state index contributed by atoms with van der Waals surface area (Å²) in [5, 5.41) is 0. The van der Waals surface area contributed by atoms with Crippen LogP contribution in [0.3, 0.4) is 0 Å². The van der Waals surface area contributed by atoms with E-state index in [1.54, 1.807) is 6.92 Å². The Morgan fingerprint density at radius 3 is 2.18 bits per heavy atom. The molecule has 0 radical (unpaired) electrons. The molecule has 0 fully saturated rings. The molecular formula is C7H11NaO3. The summed E-state index contributed by atoms with van der Waals surface area (Å²) >= 11 is 0. The van der Waals surface area contributed by atoms with E-state index in [-0.39, 0.29) is 41.3 Å². The topological polar surface area (TPSA) is 43.4 Å². The normalized spacial score (nSPS) is 7.91. The monoisotopic (exact) mass is 166 g/mol. The predicted octanol–water partition coefficient (Wildman–Crippen LogP) is -2.26. The Bertz CT molecular complexity index is 145. The third-order valence-electron chi connectivity index (χ3n) is 1.11. The molecule has 0 unspecified atom stereocenters. The van der Waals surface area contributed by atoms with Gasteiger partial charge in [-0.25, -0.2) is 5.92 Å². The van der Waals surface area contributed by atoms with Crippen LogP contribution in [0.1, 0.15) is 20.8 Å². The Labute approximate surface area is 88.8 Å². The van der Waals surface area contributed by atoms with Crippen molar-refractivity contribution in [2.75, 3.05) is 6.61 Å². The Kier molecular flexibility index (Phi) is 8.28. The van der Waals surface area contributed by atoms with E-state index in [4.69, 9.17) is 0 Å². The number of rotatable bonds is 3. The van der Waals surface area contributed by atoms with Gasteiger partial charge < -0.3 is 9.53 Å². The smallest absolute Gasteiger partial charge is 0.488 e. The maximum atomic E-state index is 10.7. The molecule has 0 aromatic rings. The molecule has 0 saturated heterocycles. The molecule has 0 N–H and O–H groups in total. The largest absolute Gasteiger partial charge is 1.00 e. The fourth-order valence-electron chi connectivity index (χ4n) is 0.383. The summed E-state index contributed by atoms with van der Waals surface area (Å²) in [5.41, 5.74) is 0. The molecular weight excluding hydrogens is 155 g/mol. The minimum atomic E-state index is -0.519. The van der Waals surface area contributed by atoms with Gasteiger partial charge in [0.15, 0.2) is 5.97 Å². The number of hydrogen-bond donors (Lipinski definition) is 0. The van der Waals surface area contributed by atoms with Crippen LogP contribution in [0.5, 0.6) is 0 Å². The summed E-state index contributed by atoms with van der Waals surface area (Å²) in [5.74, 6) is -0.602. The first kappa shape index (κ1) is 13.6. The van der Waals surface area contributed by atoms with Crippen LogP contribution in [0.2, 0.25) is 0 Å². The third-order valence-corrected chi connectivity index (χ3v) is 1.11. The number of esters is 1. The molecule has 0 amide bonds. The Morgan fingerprint density at radius 1 is 1.45 bits per heavy atom. The van der Waals surface area contributed by atoms with E-state index < -0.39 is 5.97 Å². The number of carbonyl (C=O) groups excluding carboxylic acids is 2. The maximum absolute atomic E-state index is 10.7. The van der Waals surface area contributed by atoms with E-state index in [1.165, 1.54) is 13.8 Å². The molecule has 0 spiro atoms. The molecule has 0 aliphatic carbocycles. The molecule has 0 aliphatic rings. The van der Waals surface area contributed by atoms with Crippen molar-refractivity contribution in [1.29, 1.82) is 0 Å². The van der Waals surface area contributed by atoms with Crippen LogP contribution in [-0.4, -0.2) is 18.4 Å². The zero-order valence-electron chi connectivity index (χ0n) is 7.43. The second-order valence-electron chi connectivity index (χ2n) is 1.90. The molecule has 11 heavy (non-hydrogen) atoms. The van der Waals surface area contributed by atoms with Gasteiger partial charge in [-0.2, -0.15) is 6.92 Å². The molecule has 0 aromatic carbocycles. The number of carbonyl (C=O) groups is 2. The molecule has 58 valence electrons. The van der Waals surface area contributed by atoms with Gasteiger partial charge in [0.2, 0.25) is 0 Å². The molecule has 0 bridgehead atoms. The van der Waals surface area contributed by atoms with Crippen molar-refractivity contribution in [3.63, 3.8) is 0 Å². The van der Waals surface area contributed by atoms with Crippen LogP contribution in [0, 0.1) is 5.92 Å². The van der Waals surface area contributed by atoms with Crippen LogP contribution < -0.4 is 29.6 Å². The molecule has 4 heteroatoms. The van der Waals surface area contributed by atoms with Crippen LogP contribution >= 0.6 is 0 Å². The number of ketones is 1. The zero-order valence-corrected chi connectivity index (χ0v) is 9.43. The first-order valence-electron chi connectivity index (χ1n) is 3.11. The first-order valence-corrected chi connectivity index (χ1v) is 3.11. The molecule has 0 atom stereocenters. The van der Waals surface area contributed by atoms with Gasteiger partial charge in [0.05, 0.1) is 6.61 Å². The van der Waals surface area contributed by atoms with E-state index >= 15 is 0 Å². The number of ether oxygens (including phenoxy) is 1. The van der Waals surface area contributed by atoms with Gasteiger partial charge in [-0.1, -0.05) is 0 Å². The maximum Gasteiger partial charge on any atom is 1.00 e. The van der Waals surface area contributed by atoms with Crippen molar-refractivity contribution in [3.05, 3.63) is 5.92 Å². The summed E-state index contributed by atoms with van der Waals surface area (Å²) in [7, 11) is 0. The fraction of sp³-hybridized carbons (Fsp3) is 0.571. The van der Waals surface area contributed by atoms with Crippen molar-refractivity contribution in [3.8, 4) is 0 Å². The predicted molar refractivity (Wildman–Crippen MR) is 36.2 cm³/mol. The van der Waals surface area contributed by atoms with Gasteiger partial charge in [0, 0.05) is 5.78 Å². The summed E-state index contributed by atoms with van der Waals surface area (Å²) in [6.45, 7) is 4.81. The Hall–Kier alpha value is 0.0100. The van der Waals surface area contributed by atoms with E-state index in [0.29, 0.717) is 6.61 Å².